The second-order valence-corrected chi connectivity index (χ2v) is 9.76. The fourth-order valence-corrected chi connectivity index (χ4v) is 5.07. The molecule has 1 aliphatic heterocycles. The van der Waals surface area contributed by atoms with Crippen molar-refractivity contribution in [2.75, 3.05) is 24.6 Å². The molecule has 1 fully saturated rings. The number of fused-ring (bicyclic) bond motifs is 1. The molecule has 38 heavy (non-hydrogen) atoms. The number of oxazole rings is 2. The third-order valence-electron chi connectivity index (χ3n) is 7.16. The number of anilines is 1. The van der Waals surface area contributed by atoms with Crippen LogP contribution < -0.4 is 9.64 Å². The summed E-state index contributed by atoms with van der Waals surface area (Å²) in [6.45, 7) is 3.80. The van der Waals surface area contributed by atoms with Crippen molar-refractivity contribution in [1.29, 1.82) is 0 Å². The van der Waals surface area contributed by atoms with E-state index in [9.17, 15) is 4.79 Å². The fourth-order valence-electron chi connectivity index (χ4n) is 5.07. The minimum atomic E-state index is -0.0626. The number of nitrogens with zero attached hydrogens (tertiary/aromatic N) is 3. The Morgan fingerprint density at radius 3 is 2.53 bits per heavy atom. The van der Waals surface area contributed by atoms with Crippen molar-refractivity contribution in [1.82, 2.24) is 9.97 Å². The lowest BCUT2D eigenvalue weighted by molar-refractivity contribution is -0.111. The standard InChI is InChI=1S/C31H29N3O4/c1-21-27(32-30(37-21)23-7-3-2-4-8-23)15-16-36-26-13-11-22(12-14-26)17-24-18-34(19-25(24)20-35)31-33-28-9-5-6-10-29(28)38-31/h2-14,20,24-25H,15-19H2,1H3/t24-,25-/m1/s1. The topological polar surface area (TPSA) is 81.6 Å². The van der Waals surface area contributed by atoms with Gasteiger partial charge >= 0.3 is 0 Å². The van der Waals surface area contributed by atoms with Gasteiger partial charge in [-0.3, -0.25) is 0 Å². The van der Waals surface area contributed by atoms with E-state index in [4.69, 9.17) is 13.6 Å². The Morgan fingerprint density at radius 2 is 1.74 bits per heavy atom. The molecule has 7 heteroatoms. The van der Waals surface area contributed by atoms with Gasteiger partial charge in [0.2, 0.25) is 5.89 Å². The molecule has 7 nitrogen and oxygen atoms in total. The van der Waals surface area contributed by atoms with Gasteiger partial charge in [-0.25, -0.2) is 4.98 Å². The van der Waals surface area contributed by atoms with Crippen LogP contribution in [0.4, 0.5) is 6.01 Å². The van der Waals surface area contributed by atoms with Crippen LogP contribution in [-0.2, 0) is 17.6 Å². The van der Waals surface area contributed by atoms with Gasteiger partial charge in [-0.1, -0.05) is 42.5 Å². The number of aromatic nitrogens is 2. The number of para-hydroxylation sites is 2. The second kappa shape index (κ2) is 10.5. The zero-order valence-corrected chi connectivity index (χ0v) is 21.2. The van der Waals surface area contributed by atoms with Gasteiger partial charge in [0.05, 0.1) is 12.3 Å². The predicted octanol–water partition coefficient (Wildman–Crippen LogP) is 5.91. The molecule has 0 amide bonds. The summed E-state index contributed by atoms with van der Waals surface area (Å²) in [7, 11) is 0. The first-order chi connectivity index (χ1) is 18.7. The summed E-state index contributed by atoms with van der Waals surface area (Å²) < 4.78 is 17.8. The van der Waals surface area contributed by atoms with Gasteiger partial charge < -0.3 is 23.3 Å². The first-order valence-corrected chi connectivity index (χ1v) is 13.0. The van der Waals surface area contributed by atoms with Crippen LogP contribution in [0.1, 0.15) is 17.0 Å². The number of carbonyl (C=O) groups is 1. The van der Waals surface area contributed by atoms with Crippen molar-refractivity contribution in [3.05, 3.63) is 95.9 Å². The molecule has 5 aromatic rings. The van der Waals surface area contributed by atoms with Crippen LogP contribution >= 0.6 is 0 Å². The van der Waals surface area contributed by atoms with Crippen molar-refractivity contribution >= 4 is 23.4 Å². The molecule has 0 saturated carbocycles. The molecule has 192 valence electrons. The lowest BCUT2D eigenvalue weighted by Gasteiger charge is -2.14. The highest BCUT2D eigenvalue weighted by Crippen LogP contribution is 2.31. The van der Waals surface area contributed by atoms with Crippen molar-refractivity contribution in [3.8, 4) is 17.2 Å². The number of benzene rings is 3. The van der Waals surface area contributed by atoms with E-state index < -0.39 is 0 Å². The van der Waals surface area contributed by atoms with Crippen molar-refractivity contribution < 1.29 is 18.4 Å². The van der Waals surface area contributed by atoms with Gasteiger partial charge in [-0.2, -0.15) is 4.98 Å². The zero-order valence-electron chi connectivity index (χ0n) is 21.2. The largest absolute Gasteiger partial charge is 0.493 e. The van der Waals surface area contributed by atoms with E-state index in [1.54, 1.807) is 0 Å². The molecule has 0 N–H and O–H groups in total. The summed E-state index contributed by atoms with van der Waals surface area (Å²) in [5.74, 6) is 2.40. The second-order valence-electron chi connectivity index (χ2n) is 9.76. The third-order valence-corrected chi connectivity index (χ3v) is 7.16. The molecule has 0 aliphatic carbocycles. The Labute approximate surface area is 221 Å². The van der Waals surface area contributed by atoms with E-state index in [0.29, 0.717) is 31.5 Å². The molecular weight excluding hydrogens is 478 g/mol. The van der Waals surface area contributed by atoms with E-state index in [0.717, 1.165) is 53.1 Å². The van der Waals surface area contributed by atoms with Crippen molar-refractivity contribution in [2.45, 2.75) is 19.8 Å². The summed E-state index contributed by atoms with van der Waals surface area (Å²) >= 11 is 0. The number of aldehydes is 1. The molecule has 3 heterocycles. The summed E-state index contributed by atoms with van der Waals surface area (Å²) in [5.41, 5.74) is 4.65. The van der Waals surface area contributed by atoms with Gasteiger partial charge in [-0.05, 0) is 61.2 Å². The van der Waals surface area contributed by atoms with Crippen LogP contribution in [-0.4, -0.2) is 36.0 Å². The lowest BCUT2D eigenvalue weighted by atomic mass is 9.91. The number of ether oxygens (including phenoxy) is 1. The molecule has 2 aromatic heterocycles. The summed E-state index contributed by atoms with van der Waals surface area (Å²) in [4.78, 5) is 23.2. The Morgan fingerprint density at radius 1 is 0.947 bits per heavy atom. The first-order valence-electron chi connectivity index (χ1n) is 13.0. The van der Waals surface area contributed by atoms with Crippen LogP contribution in [0.5, 0.6) is 5.75 Å². The van der Waals surface area contributed by atoms with Crippen molar-refractivity contribution in [2.24, 2.45) is 11.8 Å². The summed E-state index contributed by atoms with van der Waals surface area (Å²) in [5, 5.41) is 0. The Balaban J connectivity index is 1.04. The van der Waals surface area contributed by atoms with E-state index in [2.05, 4.69) is 27.0 Å². The Kier molecular flexibility index (Phi) is 6.65. The highest BCUT2D eigenvalue weighted by atomic mass is 16.5. The number of rotatable bonds is 9. The van der Waals surface area contributed by atoms with Gasteiger partial charge in [0.1, 0.15) is 23.3 Å². The molecule has 0 radical (unpaired) electrons. The SMILES string of the molecule is Cc1oc(-c2ccccc2)nc1CCOc1ccc(C[C@@H]2CN(c3nc4ccccc4o3)C[C@@H]2C=O)cc1. The normalized spacial score (nSPS) is 17.2. The van der Waals surface area contributed by atoms with E-state index in [1.165, 1.54) is 5.56 Å². The minimum Gasteiger partial charge on any atom is -0.493 e. The quantitative estimate of drug-likeness (QED) is 0.230. The Hall–Kier alpha value is -4.39. The number of aryl methyl sites for hydroxylation is 1. The fraction of sp³-hybridized carbons (Fsp3) is 0.258. The van der Waals surface area contributed by atoms with Gasteiger partial charge in [0.25, 0.3) is 6.01 Å². The molecule has 0 spiro atoms. The third kappa shape index (κ3) is 5.05. The molecule has 2 atom stereocenters. The molecule has 0 bridgehead atoms. The minimum absolute atomic E-state index is 0.0626. The first kappa shape index (κ1) is 24.0. The lowest BCUT2D eigenvalue weighted by Crippen LogP contribution is -2.20. The van der Waals surface area contributed by atoms with Crippen LogP contribution in [0.25, 0.3) is 22.6 Å². The molecule has 1 aliphatic rings. The number of carbonyl (C=O) groups excluding carboxylic acids is 1. The average Bonchev–Trinajstić information content (AvgIpc) is 3.67. The van der Waals surface area contributed by atoms with Gasteiger partial charge in [0.15, 0.2) is 5.58 Å². The van der Waals surface area contributed by atoms with Gasteiger partial charge in [-0.15, -0.1) is 0 Å². The van der Waals surface area contributed by atoms with Crippen LogP contribution in [0.15, 0.2) is 87.7 Å². The predicted molar refractivity (Wildman–Crippen MR) is 145 cm³/mol. The number of hydrogen-bond acceptors (Lipinski definition) is 7. The average molecular weight is 508 g/mol. The highest BCUT2D eigenvalue weighted by Gasteiger charge is 2.34. The maximum absolute atomic E-state index is 11.8. The summed E-state index contributed by atoms with van der Waals surface area (Å²) in [6.07, 6.45) is 2.54. The maximum atomic E-state index is 11.8. The molecular formula is C31H29N3O4. The highest BCUT2D eigenvalue weighted by molar-refractivity contribution is 5.74. The number of hydrogen-bond donors (Lipinski definition) is 0. The van der Waals surface area contributed by atoms with E-state index >= 15 is 0 Å². The smallest absolute Gasteiger partial charge is 0.298 e. The van der Waals surface area contributed by atoms with Crippen LogP contribution in [0.3, 0.4) is 0 Å². The monoisotopic (exact) mass is 507 g/mol. The van der Waals surface area contributed by atoms with Crippen molar-refractivity contribution in [3.63, 3.8) is 0 Å². The molecule has 3 aromatic carbocycles. The molecule has 0 unspecified atom stereocenters. The van der Waals surface area contributed by atoms with E-state index in [-0.39, 0.29) is 11.8 Å². The summed E-state index contributed by atoms with van der Waals surface area (Å²) in [6, 6.07) is 26.3. The zero-order chi connectivity index (χ0) is 25.9. The van der Waals surface area contributed by atoms with Gasteiger partial charge in [0, 0.05) is 31.0 Å². The van der Waals surface area contributed by atoms with Crippen LogP contribution in [0, 0.1) is 18.8 Å². The maximum Gasteiger partial charge on any atom is 0.298 e. The molecule has 6 rings (SSSR count). The van der Waals surface area contributed by atoms with Crippen LogP contribution in [0.2, 0.25) is 0 Å². The molecule has 1 saturated heterocycles. The Bertz CT molecular complexity index is 1490. The van der Waals surface area contributed by atoms with E-state index in [1.807, 2.05) is 73.7 Å².